The maximum Gasteiger partial charge on any atom is 0.229 e. The predicted octanol–water partition coefficient (Wildman–Crippen LogP) is 4.14. The Kier molecular flexibility index (Phi) is 4.97. The molecule has 178 valence electrons. The highest BCUT2D eigenvalue weighted by Gasteiger charge is 2.18. The summed E-state index contributed by atoms with van der Waals surface area (Å²) in [5.41, 5.74) is 4.80. The van der Waals surface area contributed by atoms with Gasteiger partial charge in [0.05, 0.1) is 23.5 Å². The highest BCUT2D eigenvalue weighted by molar-refractivity contribution is 7.92. The molecule has 0 bridgehead atoms. The van der Waals surface area contributed by atoms with Crippen molar-refractivity contribution in [2.24, 2.45) is 0 Å². The third-order valence-electron chi connectivity index (χ3n) is 5.56. The molecule has 6 rings (SSSR count). The Bertz CT molecular complexity index is 1880. The quantitative estimate of drug-likeness (QED) is 0.323. The number of H-pyrrole nitrogens is 2. The topological polar surface area (TPSA) is 142 Å². The number of imidazole rings is 1. The standard InChI is InChI=1S/C24H17FN8O2S/c1-36(34,35)33-15-8-13(10-26-12-15)14-9-18-21(31-32-22(18)28-11-14)24-29-20-17(6-7-27-23(20)30-24)16-4-2-3-5-19(16)25/h2-12,33H,1H3,(H,27,29,30)(H,28,31,32). The van der Waals surface area contributed by atoms with Gasteiger partial charge >= 0.3 is 0 Å². The van der Waals surface area contributed by atoms with Crippen molar-refractivity contribution in [1.82, 2.24) is 35.1 Å². The zero-order valence-electron chi connectivity index (χ0n) is 18.7. The number of fused-ring (bicyclic) bond motifs is 2. The molecule has 36 heavy (non-hydrogen) atoms. The molecule has 1 aromatic carbocycles. The maximum absolute atomic E-state index is 14.5. The zero-order chi connectivity index (χ0) is 24.9. The number of nitrogens with one attached hydrogen (secondary N) is 3. The number of halogens is 1. The summed E-state index contributed by atoms with van der Waals surface area (Å²) in [4.78, 5) is 20.8. The minimum Gasteiger partial charge on any atom is -0.321 e. The molecular weight excluding hydrogens is 483 g/mol. The van der Waals surface area contributed by atoms with E-state index in [0.29, 0.717) is 61.7 Å². The Labute approximate surface area is 203 Å². The molecule has 0 aliphatic carbocycles. The summed E-state index contributed by atoms with van der Waals surface area (Å²) in [5, 5.41) is 7.97. The van der Waals surface area contributed by atoms with Crippen LogP contribution < -0.4 is 4.72 Å². The van der Waals surface area contributed by atoms with Gasteiger partial charge in [-0.1, -0.05) is 18.2 Å². The number of rotatable bonds is 5. The lowest BCUT2D eigenvalue weighted by atomic mass is 10.1. The van der Waals surface area contributed by atoms with Crippen molar-refractivity contribution >= 4 is 37.9 Å². The van der Waals surface area contributed by atoms with Gasteiger partial charge < -0.3 is 4.98 Å². The highest BCUT2D eigenvalue weighted by Crippen LogP contribution is 2.32. The number of nitrogens with zero attached hydrogens (tertiary/aromatic N) is 5. The Hall–Kier alpha value is -4.71. The first-order valence-corrected chi connectivity index (χ1v) is 12.6. The fourth-order valence-electron chi connectivity index (χ4n) is 4.03. The van der Waals surface area contributed by atoms with E-state index in [1.807, 2.05) is 6.07 Å². The zero-order valence-corrected chi connectivity index (χ0v) is 19.5. The molecule has 0 saturated heterocycles. The number of aromatic amines is 2. The molecule has 0 spiro atoms. The van der Waals surface area contributed by atoms with Crippen LogP contribution in [0.1, 0.15) is 0 Å². The van der Waals surface area contributed by atoms with Crippen LogP contribution in [0.3, 0.4) is 0 Å². The van der Waals surface area contributed by atoms with Crippen LogP contribution in [-0.4, -0.2) is 49.8 Å². The van der Waals surface area contributed by atoms with Gasteiger partial charge in [0.25, 0.3) is 0 Å². The van der Waals surface area contributed by atoms with Crippen LogP contribution in [0.25, 0.3) is 56.0 Å². The van der Waals surface area contributed by atoms with Gasteiger partial charge in [0, 0.05) is 40.8 Å². The minimum atomic E-state index is -3.45. The van der Waals surface area contributed by atoms with Gasteiger partial charge in [-0.25, -0.2) is 27.8 Å². The molecule has 0 aliphatic heterocycles. The van der Waals surface area contributed by atoms with Gasteiger partial charge in [0.15, 0.2) is 17.1 Å². The normalized spacial score (nSPS) is 11.8. The first-order chi connectivity index (χ1) is 17.4. The second kappa shape index (κ2) is 8.20. The van der Waals surface area contributed by atoms with E-state index in [1.54, 1.807) is 48.9 Å². The summed E-state index contributed by atoms with van der Waals surface area (Å²) in [5.74, 6) is 0.0897. The van der Waals surface area contributed by atoms with Gasteiger partial charge in [-0.2, -0.15) is 5.10 Å². The van der Waals surface area contributed by atoms with E-state index in [9.17, 15) is 12.8 Å². The van der Waals surface area contributed by atoms with E-state index in [1.165, 1.54) is 12.3 Å². The van der Waals surface area contributed by atoms with Gasteiger partial charge in [-0.3, -0.25) is 14.8 Å². The van der Waals surface area contributed by atoms with Crippen molar-refractivity contribution in [2.75, 3.05) is 11.0 Å². The van der Waals surface area contributed by atoms with Crippen LogP contribution in [0.4, 0.5) is 10.1 Å². The van der Waals surface area contributed by atoms with Crippen molar-refractivity contribution < 1.29 is 12.8 Å². The van der Waals surface area contributed by atoms with Gasteiger partial charge in [0.2, 0.25) is 10.0 Å². The fourth-order valence-corrected chi connectivity index (χ4v) is 4.57. The van der Waals surface area contributed by atoms with Gasteiger partial charge in [0.1, 0.15) is 17.0 Å². The summed E-state index contributed by atoms with van der Waals surface area (Å²) in [6.45, 7) is 0. The smallest absolute Gasteiger partial charge is 0.229 e. The second-order valence-corrected chi connectivity index (χ2v) is 9.90. The summed E-state index contributed by atoms with van der Waals surface area (Å²) in [7, 11) is -3.45. The Morgan fingerprint density at radius 3 is 2.61 bits per heavy atom. The van der Waals surface area contributed by atoms with Crippen molar-refractivity contribution in [2.45, 2.75) is 0 Å². The summed E-state index contributed by atoms with van der Waals surface area (Å²) >= 11 is 0. The van der Waals surface area contributed by atoms with Crippen LogP contribution in [0.5, 0.6) is 0 Å². The number of pyridine rings is 3. The molecule has 12 heteroatoms. The monoisotopic (exact) mass is 500 g/mol. The number of sulfonamides is 1. The summed E-state index contributed by atoms with van der Waals surface area (Å²) < 4.78 is 40.1. The van der Waals surface area contributed by atoms with E-state index in [4.69, 9.17) is 4.98 Å². The molecular formula is C24H17FN8O2S. The Morgan fingerprint density at radius 2 is 1.78 bits per heavy atom. The SMILES string of the molecule is CS(=O)(=O)Nc1cncc(-c2cnc3[nH]nc(-c4nc5c(-c6ccccc6F)ccnc5[nH]4)c3c2)c1. The molecule has 3 N–H and O–H groups in total. The molecule has 0 fully saturated rings. The van der Waals surface area contributed by atoms with Gasteiger partial charge in [-0.15, -0.1) is 0 Å². The van der Waals surface area contributed by atoms with Crippen molar-refractivity contribution in [1.29, 1.82) is 0 Å². The minimum absolute atomic E-state index is 0.339. The molecule has 5 aromatic heterocycles. The lowest BCUT2D eigenvalue weighted by Crippen LogP contribution is -2.09. The van der Waals surface area contributed by atoms with Crippen LogP contribution in [0.15, 0.2) is 67.3 Å². The fraction of sp³-hybridized carbons (Fsp3) is 0.0417. The number of hydrogen-bond acceptors (Lipinski definition) is 7. The number of aromatic nitrogens is 7. The average molecular weight is 501 g/mol. The summed E-state index contributed by atoms with van der Waals surface area (Å²) in [6, 6.07) is 11.7. The molecule has 0 radical (unpaired) electrons. The van der Waals surface area contributed by atoms with Crippen LogP contribution >= 0.6 is 0 Å². The largest absolute Gasteiger partial charge is 0.321 e. The van der Waals surface area contributed by atoms with E-state index in [0.717, 1.165) is 6.26 Å². The number of anilines is 1. The predicted molar refractivity (Wildman–Crippen MR) is 134 cm³/mol. The van der Waals surface area contributed by atoms with E-state index >= 15 is 0 Å². The lowest BCUT2D eigenvalue weighted by molar-refractivity contribution is 0.606. The number of benzene rings is 1. The molecule has 0 aliphatic rings. The highest BCUT2D eigenvalue weighted by atomic mass is 32.2. The Morgan fingerprint density at radius 1 is 0.944 bits per heavy atom. The lowest BCUT2D eigenvalue weighted by Gasteiger charge is -2.06. The molecule has 5 heterocycles. The summed E-state index contributed by atoms with van der Waals surface area (Å²) in [6.07, 6.45) is 7.35. The molecule has 10 nitrogen and oxygen atoms in total. The first-order valence-electron chi connectivity index (χ1n) is 10.7. The second-order valence-electron chi connectivity index (χ2n) is 8.15. The molecule has 6 aromatic rings. The molecule has 0 unspecified atom stereocenters. The van der Waals surface area contributed by atoms with Crippen molar-refractivity contribution in [3.05, 3.63) is 73.1 Å². The molecule has 0 amide bonds. The van der Waals surface area contributed by atoms with Crippen molar-refractivity contribution in [3.63, 3.8) is 0 Å². The van der Waals surface area contributed by atoms with Crippen LogP contribution in [0, 0.1) is 5.82 Å². The van der Waals surface area contributed by atoms with Crippen LogP contribution in [0.2, 0.25) is 0 Å². The first kappa shape index (κ1) is 21.8. The van der Waals surface area contributed by atoms with Crippen molar-refractivity contribution in [3.8, 4) is 33.8 Å². The Balaban J connectivity index is 1.46. The third kappa shape index (κ3) is 3.92. The number of hydrogen-bond donors (Lipinski definition) is 3. The van der Waals surface area contributed by atoms with E-state index < -0.39 is 10.0 Å². The molecule has 0 atom stereocenters. The molecule has 0 saturated carbocycles. The third-order valence-corrected chi connectivity index (χ3v) is 6.17. The average Bonchev–Trinajstić information content (AvgIpc) is 3.47. The van der Waals surface area contributed by atoms with Gasteiger partial charge in [-0.05, 0) is 24.3 Å². The van der Waals surface area contributed by atoms with E-state index in [2.05, 4.69) is 34.9 Å². The van der Waals surface area contributed by atoms with Crippen LogP contribution in [-0.2, 0) is 10.0 Å². The van der Waals surface area contributed by atoms with E-state index in [-0.39, 0.29) is 5.82 Å². The maximum atomic E-state index is 14.5.